The van der Waals surface area contributed by atoms with Crippen LogP contribution in [0.15, 0.2) is 40.9 Å². The second-order valence-electron chi connectivity index (χ2n) is 6.06. The first-order valence-electron chi connectivity index (χ1n) is 7.95. The van der Waals surface area contributed by atoms with E-state index in [1.165, 1.54) is 7.11 Å². The number of benzene rings is 1. The van der Waals surface area contributed by atoms with Gasteiger partial charge in [-0.1, -0.05) is 41.9 Å². The number of halogens is 1. The molecule has 0 aliphatic heterocycles. The van der Waals surface area contributed by atoms with Crippen molar-refractivity contribution in [3.63, 3.8) is 0 Å². The summed E-state index contributed by atoms with van der Waals surface area (Å²) in [5, 5.41) is 2.73. The zero-order valence-electron chi connectivity index (χ0n) is 14.7. The van der Waals surface area contributed by atoms with Crippen LogP contribution in [0.25, 0.3) is 11.3 Å². The molecule has 0 spiro atoms. The van der Waals surface area contributed by atoms with Crippen LogP contribution in [0.4, 0.5) is 0 Å². The first-order chi connectivity index (χ1) is 11.8. The van der Waals surface area contributed by atoms with Crippen LogP contribution in [0.5, 0.6) is 0 Å². The molecule has 0 aliphatic rings. The molecule has 6 heteroatoms. The lowest BCUT2D eigenvalue weighted by Crippen LogP contribution is -2.45. The molecule has 25 heavy (non-hydrogen) atoms. The van der Waals surface area contributed by atoms with Gasteiger partial charge in [0.1, 0.15) is 6.04 Å². The number of rotatable bonds is 5. The van der Waals surface area contributed by atoms with Gasteiger partial charge >= 0.3 is 5.97 Å². The van der Waals surface area contributed by atoms with Gasteiger partial charge < -0.3 is 10.1 Å². The molecule has 1 unspecified atom stereocenters. The second kappa shape index (κ2) is 8.25. The molecule has 2 aromatic rings. The third kappa shape index (κ3) is 4.66. The summed E-state index contributed by atoms with van der Waals surface area (Å²) in [5.41, 5.74) is 2.78. The zero-order valence-corrected chi connectivity index (χ0v) is 16.3. The van der Waals surface area contributed by atoms with E-state index in [9.17, 15) is 9.59 Å². The molecule has 1 N–H and O–H groups in total. The number of ether oxygens (including phenoxy) is 1. The number of hydrogen-bond acceptors (Lipinski definition) is 4. The second-order valence-corrected chi connectivity index (χ2v) is 6.97. The smallest absolute Gasteiger partial charge is 0.328 e. The number of nitrogens with zero attached hydrogens (tertiary/aromatic N) is 1. The SMILES string of the molecule is COC(=O)C(NC(=O)c1ccc(-c2cccc(Br)c2)nc1C)C(C)C. The number of hydrogen-bond donors (Lipinski definition) is 1. The Hall–Kier alpha value is -2.21. The first kappa shape index (κ1) is 19.1. The number of nitrogens with one attached hydrogen (secondary N) is 1. The molecule has 0 fully saturated rings. The standard InChI is InChI=1S/C19H21BrN2O3/c1-11(2)17(19(24)25-4)22-18(23)15-8-9-16(21-12(15)3)13-6-5-7-14(20)10-13/h5-11,17H,1-4H3,(H,22,23). The molecule has 5 nitrogen and oxygen atoms in total. The van der Waals surface area contributed by atoms with E-state index < -0.39 is 12.0 Å². The third-order valence-corrected chi connectivity index (χ3v) is 4.35. The van der Waals surface area contributed by atoms with E-state index in [1.807, 2.05) is 38.1 Å². The average molecular weight is 405 g/mol. The Morgan fingerprint density at radius 3 is 2.48 bits per heavy atom. The van der Waals surface area contributed by atoms with Crippen LogP contribution in [-0.4, -0.2) is 30.0 Å². The topological polar surface area (TPSA) is 68.3 Å². The van der Waals surface area contributed by atoms with E-state index in [4.69, 9.17) is 4.74 Å². The lowest BCUT2D eigenvalue weighted by molar-refractivity contribution is -0.144. The van der Waals surface area contributed by atoms with Crippen molar-refractivity contribution in [3.8, 4) is 11.3 Å². The van der Waals surface area contributed by atoms with Gasteiger partial charge in [-0.3, -0.25) is 9.78 Å². The third-order valence-electron chi connectivity index (χ3n) is 3.86. The molecule has 1 atom stereocenters. The van der Waals surface area contributed by atoms with Gasteiger partial charge in [0, 0.05) is 10.0 Å². The van der Waals surface area contributed by atoms with Crippen LogP contribution in [0.2, 0.25) is 0 Å². The molecular weight excluding hydrogens is 384 g/mol. The maximum atomic E-state index is 12.5. The molecule has 1 aromatic heterocycles. The predicted molar refractivity (Wildman–Crippen MR) is 100 cm³/mol. The van der Waals surface area contributed by atoms with Gasteiger partial charge in [0.2, 0.25) is 0 Å². The van der Waals surface area contributed by atoms with Crippen LogP contribution in [-0.2, 0) is 9.53 Å². The van der Waals surface area contributed by atoms with Gasteiger partial charge in [-0.15, -0.1) is 0 Å². The first-order valence-corrected chi connectivity index (χ1v) is 8.75. The van der Waals surface area contributed by atoms with Gasteiger partial charge in [-0.2, -0.15) is 0 Å². The Bertz CT molecular complexity index is 790. The number of aromatic nitrogens is 1. The fraction of sp³-hybridized carbons (Fsp3) is 0.316. The Kier molecular flexibility index (Phi) is 6.31. The molecular formula is C19H21BrN2O3. The van der Waals surface area contributed by atoms with Crippen molar-refractivity contribution in [2.24, 2.45) is 5.92 Å². The molecule has 2 rings (SSSR count). The van der Waals surface area contributed by atoms with Crippen molar-refractivity contribution in [3.05, 3.63) is 52.1 Å². The van der Waals surface area contributed by atoms with E-state index in [-0.39, 0.29) is 11.8 Å². The molecule has 1 heterocycles. The van der Waals surface area contributed by atoms with E-state index >= 15 is 0 Å². The Morgan fingerprint density at radius 2 is 1.92 bits per heavy atom. The summed E-state index contributed by atoms with van der Waals surface area (Å²) in [6, 6.07) is 10.6. The Labute approximate surface area is 155 Å². The molecule has 0 aliphatic carbocycles. The lowest BCUT2D eigenvalue weighted by Gasteiger charge is -2.20. The van der Waals surface area contributed by atoms with Gasteiger partial charge in [0.15, 0.2) is 0 Å². The summed E-state index contributed by atoms with van der Waals surface area (Å²) < 4.78 is 5.72. The molecule has 0 saturated carbocycles. The van der Waals surface area contributed by atoms with Crippen LogP contribution in [0.1, 0.15) is 29.9 Å². The Morgan fingerprint density at radius 1 is 1.20 bits per heavy atom. The van der Waals surface area contributed by atoms with Gasteiger partial charge in [-0.25, -0.2) is 4.79 Å². The largest absolute Gasteiger partial charge is 0.467 e. The number of amides is 1. The highest BCUT2D eigenvalue weighted by atomic mass is 79.9. The predicted octanol–water partition coefficient (Wildman–Crippen LogP) is 3.75. The van der Waals surface area contributed by atoms with Crippen molar-refractivity contribution in [2.45, 2.75) is 26.8 Å². The molecule has 0 radical (unpaired) electrons. The van der Waals surface area contributed by atoms with E-state index in [2.05, 4.69) is 26.2 Å². The molecule has 0 bridgehead atoms. The highest BCUT2D eigenvalue weighted by molar-refractivity contribution is 9.10. The van der Waals surface area contributed by atoms with Crippen LogP contribution < -0.4 is 5.32 Å². The minimum atomic E-state index is -0.693. The van der Waals surface area contributed by atoms with Crippen LogP contribution in [0, 0.1) is 12.8 Å². The summed E-state index contributed by atoms with van der Waals surface area (Å²) in [6.45, 7) is 5.48. The van der Waals surface area contributed by atoms with E-state index in [1.54, 1.807) is 19.1 Å². The summed E-state index contributed by atoms with van der Waals surface area (Å²) in [4.78, 5) is 28.9. The number of carbonyl (C=O) groups excluding carboxylic acids is 2. The fourth-order valence-corrected chi connectivity index (χ4v) is 2.85. The number of esters is 1. The van der Waals surface area contributed by atoms with Crippen LogP contribution >= 0.6 is 15.9 Å². The highest BCUT2D eigenvalue weighted by Crippen LogP contribution is 2.22. The maximum Gasteiger partial charge on any atom is 0.328 e. The number of methoxy groups -OCH3 is 1. The van der Waals surface area contributed by atoms with Crippen molar-refractivity contribution in [2.75, 3.05) is 7.11 Å². The van der Waals surface area contributed by atoms with Crippen LogP contribution in [0.3, 0.4) is 0 Å². The lowest BCUT2D eigenvalue weighted by atomic mass is 10.0. The Balaban J connectivity index is 2.25. The molecule has 132 valence electrons. The normalized spacial score (nSPS) is 11.9. The van der Waals surface area contributed by atoms with Crippen molar-refractivity contribution < 1.29 is 14.3 Å². The minimum Gasteiger partial charge on any atom is -0.467 e. The molecule has 1 amide bonds. The fourth-order valence-electron chi connectivity index (χ4n) is 2.45. The maximum absolute atomic E-state index is 12.5. The van der Waals surface area contributed by atoms with Gasteiger partial charge in [0.05, 0.1) is 24.1 Å². The monoisotopic (exact) mass is 404 g/mol. The van der Waals surface area contributed by atoms with Gasteiger partial charge in [-0.05, 0) is 37.1 Å². The number of aryl methyl sites for hydroxylation is 1. The summed E-state index contributed by atoms with van der Waals surface area (Å²) in [6.07, 6.45) is 0. The number of carbonyl (C=O) groups is 2. The minimum absolute atomic E-state index is 0.0781. The number of pyridine rings is 1. The summed E-state index contributed by atoms with van der Waals surface area (Å²) in [7, 11) is 1.31. The molecule has 0 saturated heterocycles. The molecule has 1 aromatic carbocycles. The zero-order chi connectivity index (χ0) is 18.6. The van der Waals surface area contributed by atoms with Gasteiger partial charge in [0.25, 0.3) is 5.91 Å². The average Bonchev–Trinajstić information content (AvgIpc) is 2.58. The van der Waals surface area contributed by atoms with E-state index in [0.717, 1.165) is 15.7 Å². The quantitative estimate of drug-likeness (QED) is 0.770. The highest BCUT2D eigenvalue weighted by Gasteiger charge is 2.26. The van der Waals surface area contributed by atoms with Crippen molar-refractivity contribution >= 4 is 27.8 Å². The van der Waals surface area contributed by atoms with E-state index in [0.29, 0.717) is 11.3 Å². The summed E-state index contributed by atoms with van der Waals surface area (Å²) in [5.74, 6) is -0.875. The summed E-state index contributed by atoms with van der Waals surface area (Å²) >= 11 is 3.44. The van der Waals surface area contributed by atoms with Crippen molar-refractivity contribution in [1.82, 2.24) is 10.3 Å². The van der Waals surface area contributed by atoms with Crippen molar-refractivity contribution in [1.29, 1.82) is 0 Å².